The minimum atomic E-state index is -2.73. The molecule has 3 aliphatic carbocycles. The molecule has 0 saturated heterocycles. The predicted molar refractivity (Wildman–Crippen MR) is 147 cm³/mol. The summed E-state index contributed by atoms with van der Waals surface area (Å²) in [7, 11) is 6.81. The van der Waals surface area contributed by atoms with E-state index in [0.717, 1.165) is 11.3 Å². The molecule has 0 aromatic heterocycles. The first-order valence-corrected chi connectivity index (χ1v) is 13.7. The summed E-state index contributed by atoms with van der Waals surface area (Å²) in [6, 6.07) is 0.588. The fourth-order valence-electron chi connectivity index (χ4n) is 6.93. The van der Waals surface area contributed by atoms with Gasteiger partial charge in [0.15, 0.2) is 34.7 Å². The number of nitrogens with two attached hydrogens (primary N) is 1. The molecule has 11 nitrogen and oxygen atoms in total. The van der Waals surface area contributed by atoms with Gasteiger partial charge in [-0.15, -0.1) is 0 Å². The fourth-order valence-corrected chi connectivity index (χ4v) is 6.93. The number of phenolic OH excluding ortho intramolecular Hbond substituents is 1. The lowest BCUT2D eigenvalue weighted by molar-refractivity contribution is -0.181. The van der Waals surface area contributed by atoms with E-state index >= 15 is 0 Å². The fraction of sp³-hybridized carbons (Fsp3) is 0.621. The highest BCUT2D eigenvalue weighted by atomic mass is 16.3. The lowest BCUT2D eigenvalue weighted by Crippen LogP contribution is -2.74. The highest BCUT2D eigenvalue weighted by molar-refractivity contribution is 6.32. The molecule has 11 heteroatoms. The molecule has 40 heavy (non-hydrogen) atoms. The van der Waals surface area contributed by atoms with E-state index in [1.165, 1.54) is 11.0 Å². The number of hydrogen-bond acceptors (Lipinski definition) is 10. The number of amides is 1. The van der Waals surface area contributed by atoms with Crippen LogP contribution in [0.4, 0.5) is 5.69 Å². The molecular formula is C29H40N4O7. The molecule has 2 saturated carbocycles. The number of benzene rings is 1. The Kier molecular flexibility index (Phi) is 7.72. The molecule has 1 amide bonds. The highest BCUT2D eigenvalue weighted by Gasteiger charge is 2.69. The summed E-state index contributed by atoms with van der Waals surface area (Å²) in [4.78, 5) is 70.0. The van der Waals surface area contributed by atoms with E-state index < -0.39 is 64.4 Å². The molecule has 0 spiro atoms. The van der Waals surface area contributed by atoms with E-state index in [-0.39, 0.29) is 30.2 Å². The maximum atomic E-state index is 14.0. The average molecular weight is 557 g/mol. The van der Waals surface area contributed by atoms with Crippen LogP contribution >= 0.6 is 0 Å². The summed E-state index contributed by atoms with van der Waals surface area (Å²) in [5.41, 5.74) is 4.77. The molecule has 7 atom stereocenters. The van der Waals surface area contributed by atoms with Gasteiger partial charge in [0.05, 0.1) is 17.5 Å². The Hall–Kier alpha value is -3.15. The molecule has 0 aliphatic heterocycles. The van der Waals surface area contributed by atoms with Gasteiger partial charge in [0.2, 0.25) is 5.91 Å². The van der Waals surface area contributed by atoms with Crippen molar-refractivity contribution >= 4 is 34.7 Å². The summed E-state index contributed by atoms with van der Waals surface area (Å²) in [6.07, 6.45) is 0.241. The molecular weight excluding hydrogens is 516 g/mol. The standard InChI is InChI=1S/C29H40N4O7/c1-12(2)13(3)31-11-15-10-18(34)20-16(22(15)32(4)5)8-14-9-17-23(33(6)7)25(36)21(28(30)39)27(38)29(17,40)26(37)19(14)24(20)35/h10,12-14,17,19,21,23,31,34,40H,8-9,11H2,1-7H3,(H2,30,39)/t13-,14+,17+,19?,21?,23+,29+/m1/s1. The van der Waals surface area contributed by atoms with Crippen LogP contribution in [0.5, 0.6) is 5.75 Å². The van der Waals surface area contributed by atoms with Gasteiger partial charge in [0, 0.05) is 38.3 Å². The number of likely N-dealkylation sites (N-methyl/N-ethyl adjacent to an activating group) is 1. The number of aromatic hydroxyl groups is 1. The molecule has 0 radical (unpaired) electrons. The number of phenols is 1. The first-order valence-electron chi connectivity index (χ1n) is 13.7. The number of aliphatic hydroxyl groups is 1. The third kappa shape index (κ3) is 4.35. The van der Waals surface area contributed by atoms with Gasteiger partial charge in [-0.3, -0.25) is 28.9 Å². The molecule has 3 aliphatic rings. The SMILES string of the molecule is CC(C)[C@@H](C)NCc1cc(O)c2c(c1N(C)C)C[C@H]1C[C@H]3[C@H](N(C)C)C(=O)C(C(N)=O)C(=O)[C@@]3(O)C(=O)C1C2=O. The number of nitrogens with one attached hydrogen (secondary N) is 1. The van der Waals surface area contributed by atoms with Crippen molar-refractivity contribution in [3.05, 3.63) is 22.8 Å². The maximum absolute atomic E-state index is 14.0. The summed E-state index contributed by atoms with van der Waals surface area (Å²) in [6.45, 7) is 6.71. The van der Waals surface area contributed by atoms with Crippen molar-refractivity contribution in [3.8, 4) is 5.75 Å². The molecule has 5 N–H and O–H groups in total. The van der Waals surface area contributed by atoms with Crippen molar-refractivity contribution in [2.75, 3.05) is 33.1 Å². The van der Waals surface area contributed by atoms with Crippen molar-refractivity contribution in [3.63, 3.8) is 0 Å². The first kappa shape index (κ1) is 29.8. The van der Waals surface area contributed by atoms with E-state index in [4.69, 9.17) is 5.73 Å². The number of rotatable bonds is 7. The van der Waals surface area contributed by atoms with E-state index in [2.05, 4.69) is 26.1 Å². The zero-order valence-electron chi connectivity index (χ0n) is 24.1. The molecule has 1 aromatic rings. The van der Waals surface area contributed by atoms with Gasteiger partial charge in [-0.05, 0) is 62.9 Å². The summed E-state index contributed by atoms with van der Waals surface area (Å²) < 4.78 is 0. The molecule has 2 fully saturated rings. The second-order valence-electron chi connectivity index (χ2n) is 12.4. The van der Waals surface area contributed by atoms with Crippen LogP contribution in [0, 0.1) is 29.6 Å². The number of primary amides is 1. The molecule has 4 rings (SSSR count). The number of carbonyl (C=O) groups is 5. The van der Waals surface area contributed by atoms with Gasteiger partial charge < -0.3 is 26.2 Å². The van der Waals surface area contributed by atoms with Crippen molar-refractivity contribution in [2.45, 2.75) is 57.8 Å². The summed E-state index contributed by atoms with van der Waals surface area (Å²) in [5, 5.41) is 26.2. The van der Waals surface area contributed by atoms with Crippen LogP contribution in [0.25, 0.3) is 0 Å². The van der Waals surface area contributed by atoms with Crippen LogP contribution in [0.15, 0.2) is 6.07 Å². The maximum Gasteiger partial charge on any atom is 0.235 e. The van der Waals surface area contributed by atoms with Gasteiger partial charge in [-0.2, -0.15) is 0 Å². The van der Waals surface area contributed by atoms with E-state index in [1.54, 1.807) is 14.1 Å². The van der Waals surface area contributed by atoms with Crippen molar-refractivity contribution in [1.29, 1.82) is 0 Å². The van der Waals surface area contributed by atoms with Crippen LogP contribution in [-0.2, 0) is 32.1 Å². The lowest BCUT2D eigenvalue weighted by Gasteiger charge is -2.52. The number of Topliss-reactive ketones (excluding diaryl/α,β-unsaturated/α-hetero) is 4. The first-order chi connectivity index (χ1) is 18.5. The molecule has 218 valence electrons. The average Bonchev–Trinajstić information content (AvgIpc) is 2.83. The third-order valence-electron chi connectivity index (χ3n) is 9.17. The van der Waals surface area contributed by atoms with Crippen LogP contribution in [0.2, 0.25) is 0 Å². The van der Waals surface area contributed by atoms with Gasteiger partial charge >= 0.3 is 0 Å². The van der Waals surface area contributed by atoms with Crippen LogP contribution in [-0.4, -0.2) is 90.0 Å². The number of fused-ring (bicyclic) bond motifs is 3. The second-order valence-corrected chi connectivity index (χ2v) is 12.4. The Morgan fingerprint density at radius 1 is 1.12 bits per heavy atom. The summed E-state index contributed by atoms with van der Waals surface area (Å²) >= 11 is 0. The van der Waals surface area contributed by atoms with Crippen molar-refractivity contribution in [2.24, 2.45) is 35.3 Å². The van der Waals surface area contributed by atoms with Gasteiger partial charge in [-0.25, -0.2) is 0 Å². The number of anilines is 1. The zero-order valence-corrected chi connectivity index (χ0v) is 24.1. The minimum absolute atomic E-state index is 0.00375. The van der Waals surface area contributed by atoms with E-state index in [0.29, 0.717) is 18.0 Å². The van der Waals surface area contributed by atoms with Crippen LogP contribution in [0.1, 0.15) is 48.7 Å². The Bertz CT molecular complexity index is 1290. The number of nitrogens with zero attached hydrogens (tertiary/aromatic N) is 2. The van der Waals surface area contributed by atoms with Gasteiger partial charge in [0.25, 0.3) is 0 Å². The zero-order chi connectivity index (χ0) is 30.0. The van der Waals surface area contributed by atoms with Gasteiger partial charge in [0.1, 0.15) is 5.75 Å². The number of ketones is 4. The van der Waals surface area contributed by atoms with Crippen LogP contribution < -0.4 is 16.0 Å². The highest BCUT2D eigenvalue weighted by Crippen LogP contribution is 2.52. The molecule has 0 bridgehead atoms. The topological polar surface area (TPSA) is 170 Å². The monoisotopic (exact) mass is 556 g/mol. The Morgan fingerprint density at radius 3 is 2.27 bits per heavy atom. The Balaban J connectivity index is 1.84. The van der Waals surface area contributed by atoms with Gasteiger partial charge in [-0.1, -0.05) is 13.8 Å². The normalized spacial score (nSPS) is 30.7. The third-order valence-corrected chi connectivity index (χ3v) is 9.17. The van der Waals surface area contributed by atoms with Crippen molar-refractivity contribution in [1.82, 2.24) is 10.2 Å². The molecule has 1 aromatic carbocycles. The molecule has 2 unspecified atom stereocenters. The quantitative estimate of drug-likeness (QED) is 0.337. The summed E-state index contributed by atoms with van der Waals surface area (Å²) in [5.74, 6) is -10.1. The number of hydrogen-bond donors (Lipinski definition) is 4. The largest absolute Gasteiger partial charge is 0.507 e. The second kappa shape index (κ2) is 10.4. The Labute approximate surface area is 234 Å². The molecule has 0 heterocycles. The number of carbonyl (C=O) groups excluding carboxylic acids is 5. The van der Waals surface area contributed by atoms with E-state index in [1.807, 2.05) is 19.0 Å². The van der Waals surface area contributed by atoms with Crippen LogP contribution in [0.3, 0.4) is 0 Å². The smallest absolute Gasteiger partial charge is 0.235 e. The van der Waals surface area contributed by atoms with Crippen molar-refractivity contribution < 1.29 is 34.2 Å². The Morgan fingerprint density at radius 2 is 1.75 bits per heavy atom. The predicted octanol–water partition coefficient (Wildman–Crippen LogP) is 0.0671. The minimum Gasteiger partial charge on any atom is -0.507 e. The van der Waals surface area contributed by atoms with E-state index in [9.17, 15) is 34.2 Å². The lowest BCUT2D eigenvalue weighted by atomic mass is 9.52.